The Morgan fingerprint density at radius 3 is 2.75 bits per heavy atom. The minimum atomic E-state index is 0.424. The first-order valence-corrected chi connectivity index (χ1v) is 8.23. The van der Waals surface area contributed by atoms with E-state index in [9.17, 15) is 0 Å². The Kier molecular flexibility index (Phi) is 4.11. The Bertz CT molecular complexity index is 443. The molecule has 1 heterocycles. The maximum Gasteiger partial charge on any atom is 0.228 e. The van der Waals surface area contributed by atoms with Crippen LogP contribution in [0, 0.1) is 17.8 Å². The van der Waals surface area contributed by atoms with Gasteiger partial charge in [-0.2, -0.15) is 4.98 Å². The van der Waals surface area contributed by atoms with Gasteiger partial charge < -0.3 is 9.84 Å². The van der Waals surface area contributed by atoms with Gasteiger partial charge in [0, 0.05) is 18.4 Å². The molecule has 2 bridgehead atoms. The molecule has 4 heteroatoms. The van der Waals surface area contributed by atoms with E-state index in [0.29, 0.717) is 17.9 Å². The summed E-state index contributed by atoms with van der Waals surface area (Å²) in [6, 6.07) is 0.424. The molecule has 0 amide bonds. The largest absolute Gasteiger partial charge is 0.339 e. The number of nitrogens with zero attached hydrogens (tertiary/aromatic N) is 2. The molecule has 4 nitrogen and oxygen atoms in total. The van der Waals surface area contributed by atoms with Crippen LogP contribution < -0.4 is 5.32 Å². The van der Waals surface area contributed by atoms with Crippen molar-refractivity contribution in [3.8, 4) is 0 Å². The quantitative estimate of drug-likeness (QED) is 0.868. The standard InChI is InChI=1S/C16H27N3O/c1-4-17-14(10(2)3)9-15-18-16(19-20-15)13-8-11-5-6-12(13)7-11/h10-14,17H,4-9H2,1-3H3. The van der Waals surface area contributed by atoms with Crippen LogP contribution in [0.3, 0.4) is 0 Å². The highest BCUT2D eigenvalue weighted by molar-refractivity contribution is 5.06. The molecule has 0 aromatic carbocycles. The van der Waals surface area contributed by atoms with Crippen LogP contribution in [-0.4, -0.2) is 22.7 Å². The summed E-state index contributed by atoms with van der Waals surface area (Å²) in [6.45, 7) is 7.60. The number of nitrogens with one attached hydrogen (secondary N) is 1. The van der Waals surface area contributed by atoms with Gasteiger partial charge in [-0.15, -0.1) is 0 Å². The van der Waals surface area contributed by atoms with Gasteiger partial charge in [0.15, 0.2) is 5.82 Å². The van der Waals surface area contributed by atoms with E-state index in [4.69, 9.17) is 9.51 Å². The molecule has 1 aromatic rings. The van der Waals surface area contributed by atoms with Gasteiger partial charge >= 0.3 is 0 Å². The number of hydrogen-bond acceptors (Lipinski definition) is 4. The van der Waals surface area contributed by atoms with Crippen LogP contribution in [0.2, 0.25) is 0 Å². The minimum absolute atomic E-state index is 0.424. The van der Waals surface area contributed by atoms with Crippen molar-refractivity contribution in [2.24, 2.45) is 17.8 Å². The Labute approximate surface area is 121 Å². The van der Waals surface area contributed by atoms with Crippen molar-refractivity contribution in [3.05, 3.63) is 11.7 Å². The van der Waals surface area contributed by atoms with Crippen LogP contribution in [-0.2, 0) is 6.42 Å². The number of fused-ring (bicyclic) bond motifs is 2. The zero-order valence-electron chi connectivity index (χ0n) is 12.9. The van der Waals surface area contributed by atoms with E-state index in [-0.39, 0.29) is 0 Å². The molecule has 0 saturated heterocycles. The van der Waals surface area contributed by atoms with E-state index >= 15 is 0 Å². The van der Waals surface area contributed by atoms with Crippen molar-refractivity contribution in [2.45, 2.75) is 64.8 Å². The fraction of sp³-hybridized carbons (Fsp3) is 0.875. The minimum Gasteiger partial charge on any atom is -0.339 e. The molecule has 4 unspecified atom stereocenters. The topological polar surface area (TPSA) is 51.0 Å². The van der Waals surface area contributed by atoms with E-state index in [1.54, 1.807) is 0 Å². The van der Waals surface area contributed by atoms with Crippen molar-refractivity contribution >= 4 is 0 Å². The van der Waals surface area contributed by atoms with Crippen LogP contribution in [0.5, 0.6) is 0 Å². The molecule has 112 valence electrons. The number of hydrogen-bond donors (Lipinski definition) is 1. The third-order valence-electron chi connectivity index (χ3n) is 5.22. The Morgan fingerprint density at radius 2 is 2.15 bits per heavy atom. The summed E-state index contributed by atoms with van der Waals surface area (Å²) in [5.74, 6) is 4.68. The van der Waals surface area contributed by atoms with Crippen LogP contribution in [0.15, 0.2) is 4.52 Å². The normalized spacial score (nSPS) is 30.3. The highest BCUT2D eigenvalue weighted by atomic mass is 16.5. The highest BCUT2D eigenvalue weighted by Gasteiger charge is 2.42. The lowest BCUT2D eigenvalue weighted by Gasteiger charge is -2.19. The molecule has 1 aromatic heterocycles. The molecule has 2 aliphatic carbocycles. The lowest BCUT2D eigenvalue weighted by molar-refractivity contribution is 0.321. The van der Waals surface area contributed by atoms with Crippen LogP contribution >= 0.6 is 0 Å². The van der Waals surface area contributed by atoms with E-state index < -0.39 is 0 Å². The van der Waals surface area contributed by atoms with Crippen LogP contribution in [0.25, 0.3) is 0 Å². The highest BCUT2D eigenvalue weighted by Crippen LogP contribution is 2.52. The number of rotatable bonds is 6. The van der Waals surface area contributed by atoms with E-state index in [1.807, 2.05) is 0 Å². The molecule has 3 rings (SSSR count). The second-order valence-electron chi connectivity index (χ2n) is 6.94. The molecule has 0 aliphatic heterocycles. The van der Waals surface area contributed by atoms with Crippen molar-refractivity contribution < 1.29 is 4.52 Å². The van der Waals surface area contributed by atoms with Gasteiger partial charge in [0.25, 0.3) is 0 Å². The molecular formula is C16H27N3O. The van der Waals surface area contributed by atoms with Gasteiger partial charge in [0.05, 0.1) is 0 Å². The van der Waals surface area contributed by atoms with Crippen molar-refractivity contribution in [1.29, 1.82) is 0 Å². The van der Waals surface area contributed by atoms with E-state index in [1.165, 1.54) is 25.7 Å². The average molecular weight is 277 g/mol. The molecule has 1 N–H and O–H groups in total. The van der Waals surface area contributed by atoms with Crippen LogP contribution in [0.1, 0.15) is 64.1 Å². The summed E-state index contributed by atoms with van der Waals surface area (Å²) in [5.41, 5.74) is 0. The van der Waals surface area contributed by atoms with Crippen molar-refractivity contribution in [3.63, 3.8) is 0 Å². The molecule has 0 spiro atoms. The summed E-state index contributed by atoms with van der Waals surface area (Å²) in [5, 5.41) is 7.78. The predicted molar refractivity (Wildman–Crippen MR) is 78.5 cm³/mol. The average Bonchev–Trinajstić information content (AvgIpc) is 3.13. The molecule has 2 aliphatic rings. The molecule has 2 saturated carbocycles. The third-order valence-corrected chi connectivity index (χ3v) is 5.22. The molecule has 20 heavy (non-hydrogen) atoms. The zero-order chi connectivity index (χ0) is 14.1. The lowest BCUT2D eigenvalue weighted by Crippen LogP contribution is -2.35. The summed E-state index contributed by atoms with van der Waals surface area (Å²) < 4.78 is 5.51. The van der Waals surface area contributed by atoms with Gasteiger partial charge in [0.1, 0.15) is 0 Å². The van der Waals surface area contributed by atoms with E-state index in [0.717, 1.165) is 36.5 Å². The fourth-order valence-corrected chi connectivity index (χ4v) is 4.06. The first kappa shape index (κ1) is 14.1. The Hall–Kier alpha value is -0.900. The first-order chi connectivity index (χ1) is 9.67. The zero-order valence-corrected chi connectivity index (χ0v) is 12.9. The summed E-state index contributed by atoms with van der Waals surface area (Å²) in [6.07, 6.45) is 6.30. The monoisotopic (exact) mass is 277 g/mol. The smallest absolute Gasteiger partial charge is 0.228 e. The summed E-state index contributed by atoms with van der Waals surface area (Å²) >= 11 is 0. The van der Waals surface area contributed by atoms with Crippen molar-refractivity contribution in [2.75, 3.05) is 6.54 Å². The second kappa shape index (κ2) is 5.84. The fourth-order valence-electron chi connectivity index (χ4n) is 4.06. The maximum atomic E-state index is 5.51. The van der Waals surface area contributed by atoms with Gasteiger partial charge in [-0.1, -0.05) is 32.3 Å². The predicted octanol–water partition coefficient (Wildman–Crippen LogP) is 3.15. The lowest BCUT2D eigenvalue weighted by atomic mass is 9.88. The summed E-state index contributed by atoms with van der Waals surface area (Å²) in [4.78, 5) is 4.70. The van der Waals surface area contributed by atoms with Crippen LogP contribution in [0.4, 0.5) is 0 Å². The first-order valence-electron chi connectivity index (χ1n) is 8.23. The maximum absolute atomic E-state index is 5.51. The van der Waals surface area contributed by atoms with Gasteiger partial charge in [-0.05, 0) is 43.6 Å². The molecular weight excluding hydrogens is 250 g/mol. The Balaban J connectivity index is 1.64. The molecule has 2 fully saturated rings. The Morgan fingerprint density at radius 1 is 1.30 bits per heavy atom. The molecule has 0 radical (unpaired) electrons. The second-order valence-corrected chi connectivity index (χ2v) is 6.94. The summed E-state index contributed by atoms with van der Waals surface area (Å²) in [7, 11) is 0. The van der Waals surface area contributed by atoms with Gasteiger partial charge in [0.2, 0.25) is 5.89 Å². The molecule has 4 atom stereocenters. The SMILES string of the molecule is CCNC(Cc1nc(C2CC3CCC2C3)no1)C(C)C. The number of aromatic nitrogens is 2. The van der Waals surface area contributed by atoms with E-state index in [2.05, 4.69) is 31.2 Å². The number of likely N-dealkylation sites (N-methyl/N-ethyl adjacent to an activating group) is 1. The third kappa shape index (κ3) is 2.76. The van der Waals surface area contributed by atoms with Gasteiger partial charge in [-0.25, -0.2) is 0 Å². The van der Waals surface area contributed by atoms with Gasteiger partial charge in [-0.3, -0.25) is 0 Å². The van der Waals surface area contributed by atoms with Crippen molar-refractivity contribution in [1.82, 2.24) is 15.5 Å².